The van der Waals surface area contributed by atoms with Gasteiger partial charge in [0.25, 0.3) is 11.8 Å². The summed E-state index contributed by atoms with van der Waals surface area (Å²) in [5, 5.41) is 10.7. The number of hydrogen-bond donors (Lipinski definition) is 1. The zero-order valence-corrected chi connectivity index (χ0v) is 19.6. The Labute approximate surface area is 196 Å². The molecule has 1 aromatic carbocycles. The fourth-order valence-electron chi connectivity index (χ4n) is 4.86. The molecule has 3 aliphatic rings. The summed E-state index contributed by atoms with van der Waals surface area (Å²) in [4.78, 5) is 33.4. The fourth-order valence-corrected chi connectivity index (χ4v) is 5.54. The van der Waals surface area contributed by atoms with E-state index in [0.29, 0.717) is 53.4 Å². The van der Waals surface area contributed by atoms with E-state index in [0.717, 1.165) is 5.57 Å². The number of fused-ring (bicyclic) bond motifs is 1. The quantitative estimate of drug-likeness (QED) is 0.696. The van der Waals surface area contributed by atoms with Gasteiger partial charge in [0.15, 0.2) is 0 Å². The van der Waals surface area contributed by atoms with Gasteiger partial charge in [0.2, 0.25) is 0 Å². The average molecular weight is 482 g/mol. The first-order chi connectivity index (χ1) is 15.2. The second-order valence-electron chi connectivity index (χ2n) is 8.73. The van der Waals surface area contributed by atoms with E-state index in [1.807, 2.05) is 17.9 Å². The van der Waals surface area contributed by atoms with Crippen LogP contribution in [0.2, 0.25) is 10.0 Å². The van der Waals surface area contributed by atoms with Crippen LogP contribution in [0.25, 0.3) is 0 Å². The Hall–Kier alpha value is -1.80. The molecule has 9 heteroatoms. The van der Waals surface area contributed by atoms with E-state index in [1.165, 1.54) is 0 Å². The molecular weight excluding hydrogens is 456 g/mol. The van der Waals surface area contributed by atoms with Gasteiger partial charge < -0.3 is 10.0 Å². The standard InChI is InChI=1S/C23H26Cl2FN3O3/c1-12-7-13(2)27-22(31)17(12)10-29-6-4-15-18(24)8-16(21(25)20(15)23(29)32)19(11-30)28-5-3-14(26)9-28/h7-8,14,17,19,30H,3-6,9-11H2,1-2H3/t14-,17?,19?/m0/s1. The summed E-state index contributed by atoms with van der Waals surface area (Å²) in [5.41, 5.74) is 3.02. The Kier molecular flexibility index (Phi) is 6.73. The van der Waals surface area contributed by atoms with Gasteiger partial charge in [-0.05, 0) is 50.0 Å². The van der Waals surface area contributed by atoms with Crippen molar-refractivity contribution in [2.24, 2.45) is 10.9 Å². The molecule has 2 unspecified atom stereocenters. The third-order valence-corrected chi connectivity index (χ3v) is 7.33. The first kappa shape index (κ1) is 23.4. The number of carbonyl (C=O) groups excluding carboxylic acids is 2. The molecule has 1 N–H and O–H groups in total. The van der Waals surface area contributed by atoms with Crippen LogP contribution in [0.4, 0.5) is 4.39 Å². The molecule has 0 radical (unpaired) electrons. The van der Waals surface area contributed by atoms with Crippen molar-refractivity contribution in [1.82, 2.24) is 9.80 Å². The second kappa shape index (κ2) is 9.21. The van der Waals surface area contributed by atoms with Crippen LogP contribution >= 0.6 is 23.2 Å². The number of nitrogens with zero attached hydrogens (tertiary/aromatic N) is 3. The van der Waals surface area contributed by atoms with Gasteiger partial charge in [-0.3, -0.25) is 14.5 Å². The van der Waals surface area contributed by atoms with Crippen LogP contribution < -0.4 is 0 Å². The Morgan fingerprint density at radius 2 is 2.03 bits per heavy atom. The molecule has 0 saturated carbocycles. The number of dihydropyridines is 1. The number of aliphatic imine (C=N–C) groups is 1. The third-order valence-electron chi connectivity index (χ3n) is 6.59. The van der Waals surface area contributed by atoms with E-state index in [2.05, 4.69) is 4.99 Å². The Morgan fingerprint density at radius 1 is 1.28 bits per heavy atom. The second-order valence-corrected chi connectivity index (χ2v) is 9.51. The van der Waals surface area contributed by atoms with Crippen LogP contribution in [0.15, 0.2) is 22.7 Å². The highest BCUT2D eigenvalue weighted by Crippen LogP contribution is 2.40. The first-order valence-electron chi connectivity index (χ1n) is 10.8. The summed E-state index contributed by atoms with van der Waals surface area (Å²) in [6, 6.07) is 1.14. The van der Waals surface area contributed by atoms with Gasteiger partial charge in [0.05, 0.1) is 29.2 Å². The molecule has 3 atom stereocenters. The largest absolute Gasteiger partial charge is 0.394 e. The van der Waals surface area contributed by atoms with Crippen molar-refractivity contribution in [1.29, 1.82) is 0 Å². The maximum absolute atomic E-state index is 13.8. The Balaban J connectivity index is 1.65. The van der Waals surface area contributed by atoms with Gasteiger partial charge >= 0.3 is 0 Å². The van der Waals surface area contributed by atoms with E-state index in [4.69, 9.17) is 23.2 Å². The fraction of sp³-hybridized carbons (Fsp3) is 0.522. The van der Waals surface area contributed by atoms with Crippen LogP contribution in [0.5, 0.6) is 0 Å². The lowest BCUT2D eigenvalue weighted by molar-refractivity contribution is -0.120. The van der Waals surface area contributed by atoms with E-state index in [-0.39, 0.29) is 36.5 Å². The summed E-state index contributed by atoms with van der Waals surface area (Å²) < 4.78 is 13.8. The van der Waals surface area contributed by atoms with Crippen LogP contribution in [0, 0.1) is 5.92 Å². The lowest BCUT2D eigenvalue weighted by Gasteiger charge is -2.34. The first-order valence-corrected chi connectivity index (χ1v) is 11.5. The van der Waals surface area contributed by atoms with Gasteiger partial charge in [-0.2, -0.15) is 0 Å². The lowest BCUT2D eigenvalue weighted by atomic mass is 9.91. The molecule has 2 amide bonds. The molecule has 0 spiro atoms. The van der Waals surface area contributed by atoms with Crippen LogP contribution in [-0.4, -0.2) is 71.4 Å². The normalized spacial score (nSPS) is 25.0. The molecule has 32 heavy (non-hydrogen) atoms. The summed E-state index contributed by atoms with van der Waals surface area (Å²) in [6.45, 7) is 4.70. The number of hydrogen-bond acceptors (Lipinski definition) is 4. The highest BCUT2D eigenvalue weighted by atomic mass is 35.5. The molecule has 4 rings (SSSR count). The van der Waals surface area contributed by atoms with Crippen molar-refractivity contribution in [3.63, 3.8) is 0 Å². The molecule has 1 saturated heterocycles. The van der Waals surface area contributed by atoms with E-state index < -0.39 is 18.1 Å². The molecule has 1 fully saturated rings. The van der Waals surface area contributed by atoms with E-state index in [9.17, 15) is 19.1 Å². The molecule has 3 heterocycles. The summed E-state index contributed by atoms with van der Waals surface area (Å²) in [5.74, 6) is -1.04. The minimum absolute atomic E-state index is 0.200. The molecule has 1 aromatic rings. The lowest BCUT2D eigenvalue weighted by Crippen LogP contribution is -2.43. The number of aliphatic hydroxyl groups is 1. The van der Waals surface area contributed by atoms with Gasteiger partial charge in [0, 0.05) is 36.9 Å². The molecule has 0 aliphatic carbocycles. The van der Waals surface area contributed by atoms with Crippen molar-refractivity contribution >= 4 is 40.7 Å². The summed E-state index contributed by atoms with van der Waals surface area (Å²) in [7, 11) is 0. The number of benzene rings is 1. The van der Waals surface area contributed by atoms with E-state index >= 15 is 0 Å². The Bertz CT molecular complexity index is 1030. The maximum Gasteiger partial charge on any atom is 0.255 e. The van der Waals surface area contributed by atoms with Crippen molar-refractivity contribution in [3.05, 3.63) is 44.5 Å². The maximum atomic E-state index is 13.8. The predicted octanol–water partition coefficient (Wildman–Crippen LogP) is 3.63. The molecule has 0 aromatic heterocycles. The number of carbonyl (C=O) groups is 2. The van der Waals surface area contributed by atoms with Crippen LogP contribution in [-0.2, 0) is 11.2 Å². The van der Waals surface area contributed by atoms with Crippen molar-refractivity contribution in [2.45, 2.75) is 38.9 Å². The molecule has 0 bridgehead atoms. The number of amides is 2. The zero-order valence-electron chi connectivity index (χ0n) is 18.1. The Morgan fingerprint density at radius 3 is 2.66 bits per heavy atom. The SMILES string of the molecule is CC1=CC(C)=NC(=O)C1CN1CCc2c(Cl)cc(C(CO)N3CC[C@H](F)C3)c(Cl)c2C1=O. The smallest absolute Gasteiger partial charge is 0.255 e. The third kappa shape index (κ3) is 4.23. The van der Waals surface area contributed by atoms with Gasteiger partial charge in [-0.15, -0.1) is 0 Å². The number of aliphatic hydroxyl groups excluding tert-OH is 1. The number of alkyl halides is 1. The minimum atomic E-state index is -0.955. The number of likely N-dealkylation sites (tertiary alicyclic amines) is 1. The van der Waals surface area contributed by atoms with Gasteiger partial charge in [0.1, 0.15) is 6.17 Å². The van der Waals surface area contributed by atoms with Crippen LogP contribution in [0.1, 0.15) is 47.8 Å². The monoisotopic (exact) mass is 481 g/mol. The highest BCUT2D eigenvalue weighted by molar-refractivity contribution is 6.37. The summed E-state index contributed by atoms with van der Waals surface area (Å²) in [6.07, 6.45) is 1.80. The average Bonchev–Trinajstić information content (AvgIpc) is 3.15. The van der Waals surface area contributed by atoms with E-state index in [1.54, 1.807) is 17.9 Å². The minimum Gasteiger partial charge on any atom is -0.394 e. The summed E-state index contributed by atoms with van der Waals surface area (Å²) >= 11 is 13.3. The number of allylic oxidation sites excluding steroid dienone is 1. The van der Waals surface area contributed by atoms with Crippen LogP contribution in [0.3, 0.4) is 0 Å². The van der Waals surface area contributed by atoms with Gasteiger partial charge in [-0.1, -0.05) is 28.8 Å². The van der Waals surface area contributed by atoms with Crippen molar-refractivity contribution in [3.8, 4) is 0 Å². The van der Waals surface area contributed by atoms with Crippen molar-refractivity contribution in [2.75, 3.05) is 32.8 Å². The zero-order chi connectivity index (χ0) is 23.2. The molecule has 172 valence electrons. The highest BCUT2D eigenvalue weighted by Gasteiger charge is 2.36. The molecular formula is C23H26Cl2FN3O3. The number of halogens is 3. The van der Waals surface area contributed by atoms with Gasteiger partial charge in [-0.25, -0.2) is 9.38 Å². The number of rotatable bonds is 5. The predicted molar refractivity (Wildman–Crippen MR) is 122 cm³/mol. The van der Waals surface area contributed by atoms with Crippen molar-refractivity contribution < 1.29 is 19.1 Å². The molecule has 3 aliphatic heterocycles. The topological polar surface area (TPSA) is 73.2 Å². The molecule has 6 nitrogen and oxygen atoms in total.